The van der Waals surface area contributed by atoms with Crippen LogP contribution in [0.4, 0.5) is 0 Å². The van der Waals surface area contributed by atoms with E-state index in [0.29, 0.717) is 5.92 Å². The van der Waals surface area contributed by atoms with Crippen LogP contribution in [0.25, 0.3) is 0 Å². The molecule has 0 bridgehead atoms. The number of ether oxygens (including phenoxy) is 1. The molecule has 1 unspecified atom stereocenters. The summed E-state index contributed by atoms with van der Waals surface area (Å²) >= 11 is 0. The van der Waals surface area contributed by atoms with Crippen molar-refractivity contribution in [1.29, 1.82) is 0 Å². The Bertz CT molecular complexity index is 416. The largest absolute Gasteiger partial charge is 0.496 e. The van der Waals surface area contributed by atoms with Gasteiger partial charge in [-0.25, -0.2) is 0 Å². The number of methoxy groups -OCH3 is 1. The van der Waals surface area contributed by atoms with E-state index in [-0.39, 0.29) is 18.5 Å². The minimum absolute atomic E-state index is 0.00345. The van der Waals surface area contributed by atoms with E-state index < -0.39 is 0 Å². The van der Waals surface area contributed by atoms with Gasteiger partial charge in [0.25, 0.3) is 0 Å². The van der Waals surface area contributed by atoms with E-state index in [9.17, 15) is 4.79 Å². The topological polar surface area (TPSA) is 64.3 Å². The molecule has 0 saturated carbocycles. The van der Waals surface area contributed by atoms with Crippen LogP contribution in [-0.4, -0.2) is 19.6 Å². The van der Waals surface area contributed by atoms with Crippen LogP contribution in [0.3, 0.4) is 0 Å². The third-order valence-electron chi connectivity index (χ3n) is 2.95. The summed E-state index contributed by atoms with van der Waals surface area (Å²) in [7, 11) is 1.63. The van der Waals surface area contributed by atoms with Gasteiger partial charge in [-0.3, -0.25) is 4.79 Å². The molecule has 4 heteroatoms. The Hall–Kier alpha value is -1.55. The molecular formula is C14H22N2O2. The number of nitrogens with one attached hydrogen (secondary N) is 1. The second kappa shape index (κ2) is 6.40. The molecule has 1 rings (SSSR count). The van der Waals surface area contributed by atoms with Crippen molar-refractivity contribution in [3.8, 4) is 5.75 Å². The van der Waals surface area contributed by atoms with Gasteiger partial charge >= 0.3 is 0 Å². The molecular weight excluding hydrogens is 228 g/mol. The van der Waals surface area contributed by atoms with Crippen molar-refractivity contribution in [3.05, 3.63) is 29.3 Å². The molecule has 0 aliphatic carbocycles. The van der Waals surface area contributed by atoms with Crippen LogP contribution in [0.5, 0.6) is 5.75 Å². The van der Waals surface area contributed by atoms with Gasteiger partial charge in [-0.15, -0.1) is 0 Å². The second-order valence-corrected chi connectivity index (χ2v) is 4.65. The maximum atomic E-state index is 11.3. The van der Waals surface area contributed by atoms with Crippen LogP contribution in [0.2, 0.25) is 0 Å². The van der Waals surface area contributed by atoms with Gasteiger partial charge in [-0.2, -0.15) is 0 Å². The van der Waals surface area contributed by atoms with Crippen molar-refractivity contribution in [2.75, 3.05) is 13.7 Å². The first-order chi connectivity index (χ1) is 8.49. The van der Waals surface area contributed by atoms with E-state index >= 15 is 0 Å². The first-order valence-corrected chi connectivity index (χ1v) is 6.16. The number of nitrogens with two attached hydrogens (primary N) is 1. The van der Waals surface area contributed by atoms with Crippen molar-refractivity contribution in [3.63, 3.8) is 0 Å². The van der Waals surface area contributed by atoms with Crippen LogP contribution in [0, 0.1) is 0 Å². The van der Waals surface area contributed by atoms with Crippen molar-refractivity contribution in [1.82, 2.24) is 5.32 Å². The summed E-state index contributed by atoms with van der Waals surface area (Å²) in [5, 5.41) is 2.84. The summed E-state index contributed by atoms with van der Waals surface area (Å²) in [6.07, 6.45) is 0. The molecule has 0 aliphatic heterocycles. The lowest BCUT2D eigenvalue weighted by Crippen LogP contribution is -2.32. The molecule has 0 aliphatic rings. The number of hydrogen-bond acceptors (Lipinski definition) is 3. The Labute approximate surface area is 109 Å². The van der Waals surface area contributed by atoms with Crippen molar-refractivity contribution in [2.45, 2.75) is 32.7 Å². The first kappa shape index (κ1) is 14.5. The van der Waals surface area contributed by atoms with E-state index in [4.69, 9.17) is 10.5 Å². The molecule has 0 heterocycles. The average molecular weight is 250 g/mol. The molecule has 100 valence electrons. The van der Waals surface area contributed by atoms with Crippen molar-refractivity contribution < 1.29 is 9.53 Å². The Morgan fingerprint density at radius 1 is 1.39 bits per heavy atom. The molecule has 4 nitrogen and oxygen atoms in total. The van der Waals surface area contributed by atoms with Crippen LogP contribution in [-0.2, 0) is 4.79 Å². The molecule has 3 N–H and O–H groups in total. The zero-order valence-corrected chi connectivity index (χ0v) is 11.5. The molecule has 1 aromatic rings. The summed E-state index contributed by atoms with van der Waals surface area (Å²) < 4.78 is 5.33. The predicted octanol–water partition coefficient (Wildman–Crippen LogP) is 1.95. The van der Waals surface area contributed by atoms with E-state index in [1.165, 1.54) is 5.56 Å². The van der Waals surface area contributed by atoms with Gasteiger partial charge in [-0.05, 0) is 30.5 Å². The Kier molecular flexibility index (Phi) is 5.16. The molecule has 0 saturated heterocycles. The maximum absolute atomic E-state index is 11.3. The fraction of sp³-hybridized carbons (Fsp3) is 0.500. The Balaban J connectivity index is 3.03. The standard InChI is InChI=1S/C14H22N2O2/c1-9(2)11-5-6-13(18-4)12(7-11)10(3)16-14(17)8-15/h5-7,9-10H,8,15H2,1-4H3,(H,16,17). The summed E-state index contributed by atoms with van der Waals surface area (Å²) in [6, 6.07) is 5.94. The normalized spacial score (nSPS) is 12.3. The number of hydrogen-bond donors (Lipinski definition) is 2. The zero-order valence-electron chi connectivity index (χ0n) is 11.5. The van der Waals surface area contributed by atoms with Gasteiger partial charge in [0.1, 0.15) is 5.75 Å². The van der Waals surface area contributed by atoms with Crippen LogP contribution < -0.4 is 15.8 Å². The van der Waals surface area contributed by atoms with Gasteiger partial charge in [0.2, 0.25) is 5.91 Å². The van der Waals surface area contributed by atoms with Gasteiger partial charge in [0, 0.05) is 5.56 Å². The van der Waals surface area contributed by atoms with Crippen molar-refractivity contribution in [2.24, 2.45) is 5.73 Å². The number of benzene rings is 1. The third-order valence-corrected chi connectivity index (χ3v) is 2.95. The summed E-state index contributed by atoms with van der Waals surface area (Å²) in [5.74, 6) is 1.05. The average Bonchev–Trinajstić information content (AvgIpc) is 2.37. The van der Waals surface area contributed by atoms with Gasteiger partial charge in [0.15, 0.2) is 0 Å². The summed E-state index contributed by atoms with van der Waals surface area (Å²) in [5.41, 5.74) is 7.50. The lowest BCUT2D eigenvalue weighted by Gasteiger charge is -2.19. The van der Waals surface area contributed by atoms with Gasteiger partial charge in [-0.1, -0.05) is 19.9 Å². The lowest BCUT2D eigenvalue weighted by molar-refractivity contribution is -0.120. The van der Waals surface area contributed by atoms with Gasteiger partial charge in [0.05, 0.1) is 19.7 Å². The molecule has 1 atom stereocenters. The SMILES string of the molecule is COc1ccc(C(C)C)cc1C(C)NC(=O)CN. The van der Waals surface area contributed by atoms with E-state index in [1.54, 1.807) is 7.11 Å². The van der Waals surface area contributed by atoms with E-state index in [2.05, 4.69) is 25.2 Å². The van der Waals surface area contributed by atoms with Gasteiger partial charge < -0.3 is 15.8 Å². The Morgan fingerprint density at radius 2 is 2.06 bits per heavy atom. The number of rotatable bonds is 5. The lowest BCUT2D eigenvalue weighted by atomic mass is 9.97. The number of carbonyl (C=O) groups is 1. The van der Waals surface area contributed by atoms with Crippen LogP contribution >= 0.6 is 0 Å². The smallest absolute Gasteiger partial charge is 0.234 e. The van der Waals surface area contributed by atoms with E-state index in [1.807, 2.05) is 19.1 Å². The zero-order chi connectivity index (χ0) is 13.7. The molecule has 0 spiro atoms. The predicted molar refractivity (Wildman–Crippen MR) is 72.7 cm³/mol. The minimum atomic E-state index is -0.167. The minimum Gasteiger partial charge on any atom is -0.496 e. The van der Waals surface area contributed by atoms with Crippen LogP contribution in [0.15, 0.2) is 18.2 Å². The summed E-state index contributed by atoms with van der Waals surface area (Å²) in [6.45, 7) is 6.19. The quantitative estimate of drug-likeness (QED) is 0.839. The highest BCUT2D eigenvalue weighted by molar-refractivity contribution is 5.78. The fourth-order valence-electron chi connectivity index (χ4n) is 1.83. The third kappa shape index (κ3) is 3.47. The second-order valence-electron chi connectivity index (χ2n) is 4.65. The fourth-order valence-corrected chi connectivity index (χ4v) is 1.83. The number of amides is 1. The first-order valence-electron chi connectivity index (χ1n) is 6.16. The Morgan fingerprint density at radius 3 is 2.56 bits per heavy atom. The highest BCUT2D eigenvalue weighted by atomic mass is 16.5. The molecule has 0 radical (unpaired) electrons. The maximum Gasteiger partial charge on any atom is 0.234 e. The van der Waals surface area contributed by atoms with E-state index in [0.717, 1.165) is 11.3 Å². The highest BCUT2D eigenvalue weighted by Gasteiger charge is 2.14. The molecule has 0 fully saturated rings. The molecule has 1 amide bonds. The summed E-state index contributed by atoms with van der Waals surface area (Å²) in [4.78, 5) is 11.3. The highest BCUT2D eigenvalue weighted by Crippen LogP contribution is 2.28. The number of carbonyl (C=O) groups excluding carboxylic acids is 1. The monoisotopic (exact) mass is 250 g/mol. The molecule has 1 aromatic carbocycles. The molecule has 18 heavy (non-hydrogen) atoms. The van der Waals surface area contributed by atoms with Crippen molar-refractivity contribution >= 4 is 5.91 Å². The molecule has 0 aromatic heterocycles. The van der Waals surface area contributed by atoms with Crippen LogP contribution in [0.1, 0.15) is 43.9 Å².